The normalized spacial score (nSPS) is 10.9. The van der Waals surface area contributed by atoms with Crippen molar-refractivity contribution in [2.24, 2.45) is 0 Å². The van der Waals surface area contributed by atoms with Crippen molar-refractivity contribution in [3.05, 3.63) is 74.2 Å². The molecule has 1 aromatic heterocycles. The fraction of sp³-hybridized carbons (Fsp3) is 0.130. The van der Waals surface area contributed by atoms with Crippen LogP contribution in [0.4, 0.5) is 0 Å². The first-order valence-electron chi connectivity index (χ1n) is 9.42. The predicted octanol–water partition coefficient (Wildman–Crippen LogP) is 6.67. The predicted molar refractivity (Wildman–Crippen MR) is 128 cm³/mol. The van der Waals surface area contributed by atoms with Crippen LogP contribution in [0.15, 0.2) is 53.0 Å². The number of aromatic amines is 1. The topological polar surface area (TPSA) is 73.4 Å². The van der Waals surface area contributed by atoms with Crippen LogP contribution in [-0.4, -0.2) is 30.2 Å². The van der Waals surface area contributed by atoms with Crippen molar-refractivity contribution in [3.63, 3.8) is 0 Å². The molecule has 0 aliphatic rings. The highest BCUT2D eigenvalue weighted by atomic mass is 79.9. The van der Waals surface area contributed by atoms with E-state index in [2.05, 4.69) is 25.9 Å². The van der Waals surface area contributed by atoms with Crippen molar-refractivity contribution in [3.8, 4) is 22.9 Å². The summed E-state index contributed by atoms with van der Waals surface area (Å²) < 4.78 is 17.0. The molecule has 0 amide bonds. The molecule has 4 aromatic rings. The van der Waals surface area contributed by atoms with Crippen molar-refractivity contribution in [2.75, 3.05) is 14.2 Å². The zero-order valence-corrected chi connectivity index (χ0v) is 20.1. The Morgan fingerprint density at radius 1 is 1.06 bits per heavy atom. The van der Waals surface area contributed by atoms with E-state index in [1.54, 1.807) is 37.4 Å². The van der Waals surface area contributed by atoms with Gasteiger partial charge in [-0.2, -0.15) is 0 Å². The maximum Gasteiger partial charge on any atom is 0.337 e. The van der Waals surface area contributed by atoms with Gasteiger partial charge in [0.15, 0.2) is 11.5 Å². The summed E-state index contributed by atoms with van der Waals surface area (Å²) in [5, 5.41) is 0.956. The largest absolute Gasteiger partial charge is 0.493 e. The van der Waals surface area contributed by atoms with E-state index in [9.17, 15) is 4.79 Å². The molecule has 6 nitrogen and oxygen atoms in total. The van der Waals surface area contributed by atoms with Crippen LogP contribution in [-0.2, 0) is 11.3 Å². The van der Waals surface area contributed by atoms with Gasteiger partial charge < -0.3 is 19.2 Å². The number of hydrogen-bond donors (Lipinski definition) is 1. The van der Waals surface area contributed by atoms with E-state index in [-0.39, 0.29) is 6.61 Å². The van der Waals surface area contributed by atoms with Gasteiger partial charge in [-0.3, -0.25) is 0 Å². The van der Waals surface area contributed by atoms with Crippen LogP contribution < -0.4 is 9.47 Å². The van der Waals surface area contributed by atoms with Crippen LogP contribution in [0, 0.1) is 0 Å². The average molecular weight is 536 g/mol. The molecule has 0 atom stereocenters. The summed E-state index contributed by atoms with van der Waals surface area (Å²) >= 11 is 15.6. The Hall–Kier alpha value is -2.74. The van der Waals surface area contributed by atoms with E-state index in [1.165, 1.54) is 7.11 Å². The maximum atomic E-state index is 11.8. The van der Waals surface area contributed by atoms with E-state index in [0.717, 1.165) is 22.2 Å². The molecule has 0 fully saturated rings. The van der Waals surface area contributed by atoms with Gasteiger partial charge in [-0.25, -0.2) is 9.78 Å². The van der Waals surface area contributed by atoms with Crippen molar-refractivity contribution >= 4 is 56.1 Å². The minimum absolute atomic E-state index is 0.284. The third-order valence-electron chi connectivity index (χ3n) is 4.77. The number of imidazole rings is 1. The Bertz CT molecular complexity index is 1320. The Labute approximate surface area is 202 Å². The van der Waals surface area contributed by atoms with Crippen LogP contribution in [0.5, 0.6) is 11.5 Å². The summed E-state index contributed by atoms with van der Waals surface area (Å²) in [6.45, 7) is 0.284. The zero-order valence-electron chi connectivity index (χ0n) is 17.0. The molecule has 3 aromatic carbocycles. The summed E-state index contributed by atoms with van der Waals surface area (Å²) in [6.07, 6.45) is 0. The standard InChI is InChI=1S/C23H17BrCl2N2O4/c1-30-20-10-14(22-27-18-6-4-13(23(29)31-2)9-19(18)28-22)8-15(24)21(20)32-11-12-3-5-16(25)17(26)7-12/h3-10H,11H2,1-2H3,(H,27,28). The van der Waals surface area contributed by atoms with Gasteiger partial charge in [-0.15, -0.1) is 0 Å². The lowest BCUT2D eigenvalue weighted by Gasteiger charge is -2.14. The first-order valence-corrected chi connectivity index (χ1v) is 11.0. The summed E-state index contributed by atoms with van der Waals surface area (Å²) in [4.78, 5) is 19.6. The fourth-order valence-corrected chi connectivity index (χ4v) is 4.05. The van der Waals surface area contributed by atoms with E-state index >= 15 is 0 Å². The third kappa shape index (κ3) is 4.55. The molecule has 0 saturated carbocycles. The van der Waals surface area contributed by atoms with Gasteiger partial charge >= 0.3 is 5.97 Å². The molecule has 0 aliphatic heterocycles. The number of hydrogen-bond acceptors (Lipinski definition) is 5. The lowest BCUT2D eigenvalue weighted by atomic mass is 10.2. The second-order valence-corrected chi connectivity index (χ2v) is 8.50. The van der Waals surface area contributed by atoms with Crippen molar-refractivity contribution < 1.29 is 19.0 Å². The number of fused-ring (bicyclic) bond motifs is 1. The third-order valence-corrected chi connectivity index (χ3v) is 6.10. The minimum atomic E-state index is -0.407. The number of nitrogens with one attached hydrogen (secondary N) is 1. The second-order valence-electron chi connectivity index (χ2n) is 6.84. The number of carbonyl (C=O) groups is 1. The number of rotatable bonds is 6. The van der Waals surface area contributed by atoms with Crippen molar-refractivity contribution in [1.82, 2.24) is 9.97 Å². The smallest absolute Gasteiger partial charge is 0.337 e. The van der Waals surface area contributed by atoms with E-state index in [4.69, 9.17) is 37.4 Å². The summed E-state index contributed by atoms with van der Waals surface area (Å²) in [5.74, 6) is 1.30. The molecule has 0 unspecified atom stereocenters. The van der Waals surface area contributed by atoms with Gasteiger partial charge in [-0.05, 0) is 64.0 Å². The molecule has 0 bridgehead atoms. The molecule has 0 saturated heterocycles. The molecule has 4 rings (SSSR count). The summed E-state index contributed by atoms with van der Waals surface area (Å²) in [7, 11) is 2.92. The van der Waals surface area contributed by atoms with Gasteiger partial charge in [0, 0.05) is 5.56 Å². The fourth-order valence-electron chi connectivity index (χ4n) is 3.17. The molecular formula is C23H17BrCl2N2O4. The maximum absolute atomic E-state index is 11.8. The highest BCUT2D eigenvalue weighted by Crippen LogP contribution is 2.40. The quantitative estimate of drug-likeness (QED) is 0.279. The Kier molecular flexibility index (Phi) is 6.60. The Balaban J connectivity index is 1.64. The first-order chi connectivity index (χ1) is 15.4. The number of nitrogens with zero attached hydrogens (tertiary/aromatic N) is 1. The van der Waals surface area contributed by atoms with Crippen molar-refractivity contribution in [1.29, 1.82) is 0 Å². The van der Waals surface area contributed by atoms with E-state index < -0.39 is 5.97 Å². The molecule has 1 N–H and O–H groups in total. The SMILES string of the molecule is COC(=O)c1ccc2nc(-c3cc(Br)c(OCc4ccc(Cl)c(Cl)c4)c(OC)c3)[nH]c2c1. The molecule has 1 heterocycles. The molecule has 9 heteroatoms. The summed E-state index contributed by atoms with van der Waals surface area (Å²) in [5.41, 5.74) is 3.54. The average Bonchev–Trinajstić information content (AvgIpc) is 3.23. The van der Waals surface area contributed by atoms with E-state index in [1.807, 2.05) is 18.2 Å². The van der Waals surface area contributed by atoms with Crippen LogP contribution in [0.3, 0.4) is 0 Å². The zero-order chi connectivity index (χ0) is 22.8. The second kappa shape index (κ2) is 9.40. The number of aromatic nitrogens is 2. The molecule has 0 spiro atoms. The van der Waals surface area contributed by atoms with Gasteiger partial charge in [0.05, 0.1) is 45.3 Å². The number of benzene rings is 3. The van der Waals surface area contributed by atoms with Gasteiger partial charge in [0.2, 0.25) is 0 Å². The molecule has 0 radical (unpaired) electrons. The van der Waals surface area contributed by atoms with Crippen LogP contribution in [0.2, 0.25) is 10.0 Å². The Morgan fingerprint density at radius 3 is 2.59 bits per heavy atom. The lowest BCUT2D eigenvalue weighted by Crippen LogP contribution is -2.00. The highest BCUT2D eigenvalue weighted by Gasteiger charge is 2.16. The molecule has 32 heavy (non-hydrogen) atoms. The molecule has 164 valence electrons. The van der Waals surface area contributed by atoms with Gasteiger partial charge in [0.25, 0.3) is 0 Å². The minimum Gasteiger partial charge on any atom is -0.493 e. The number of esters is 1. The number of ether oxygens (including phenoxy) is 3. The monoisotopic (exact) mass is 534 g/mol. The van der Waals surface area contributed by atoms with Crippen LogP contribution >= 0.6 is 39.1 Å². The van der Waals surface area contributed by atoms with Crippen LogP contribution in [0.1, 0.15) is 15.9 Å². The van der Waals surface area contributed by atoms with Crippen LogP contribution in [0.25, 0.3) is 22.4 Å². The van der Waals surface area contributed by atoms with E-state index in [0.29, 0.717) is 37.4 Å². The Morgan fingerprint density at radius 2 is 1.88 bits per heavy atom. The van der Waals surface area contributed by atoms with Crippen molar-refractivity contribution in [2.45, 2.75) is 6.61 Å². The number of H-pyrrole nitrogens is 1. The first kappa shape index (κ1) is 22.5. The van der Waals surface area contributed by atoms with Gasteiger partial charge in [-0.1, -0.05) is 29.3 Å². The molecular weight excluding hydrogens is 519 g/mol. The highest BCUT2D eigenvalue weighted by molar-refractivity contribution is 9.10. The number of carbonyl (C=O) groups excluding carboxylic acids is 1. The number of halogens is 3. The number of methoxy groups -OCH3 is 2. The van der Waals surface area contributed by atoms with Gasteiger partial charge in [0.1, 0.15) is 12.4 Å². The summed E-state index contributed by atoms with van der Waals surface area (Å²) in [6, 6.07) is 14.2. The molecule has 0 aliphatic carbocycles. The lowest BCUT2D eigenvalue weighted by molar-refractivity contribution is 0.0601.